The molecule has 0 radical (unpaired) electrons. The van der Waals surface area contributed by atoms with Gasteiger partial charge >= 0.3 is 0 Å². The Kier molecular flexibility index (Phi) is 5.70. The molecule has 0 amide bonds. The number of thiophene rings is 1. The molecule has 5 rings (SSSR count). The van der Waals surface area contributed by atoms with Crippen LogP contribution in [0.5, 0.6) is 0 Å². The van der Waals surface area contributed by atoms with Crippen molar-refractivity contribution in [2.75, 3.05) is 0 Å². The van der Waals surface area contributed by atoms with Gasteiger partial charge in [0.05, 0.1) is 11.2 Å². The Bertz CT molecular complexity index is 1620. The maximum atomic E-state index is 13.3. The molecule has 6 nitrogen and oxygen atoms in total. The molecule has 0 aliphatic rings. The molecule has 8 heteroatoms. The molecule has 0 N–H and O–H groups in total. The second kappa shape index (κ2) is 8.80. The molecule has 0 aliphatic heterocycles. The molecule has 0 spiro atoms. The van der Waals surface area contributed by atoms with Gasteiger partial charge in [-0.15, -0.1) is 17.9 Å². The Hall–Kier alpha value is -3.49. The highest BCUT2D eigenvalue weighted by Gasteiger charge is 2.15. The van der Waals surface area contributed by atoms with Crippen molar-refractivity contribution < 1.29 is 0 Å². The predicted octanol–water partition coefficient (Wildman–Crippen LogP) is 4.92. The van der Waals surface area contributed by atoms with E-state index >= 15 is 0 Å². The second-order valence-corrected chi connectivity index (χ2v) is 9.52. The van der Waals surface area contributed by atoms with Gasteiger partial charge in [0.1, 0.15) is 10.3 Å². The van der Waals surface area contributed by atoms with Gasteiger partial charge in [0.15, 0.2) is 5.16 Å². The molecule has 4 heterocycles. The fourth-order valence-electron chi connectivity index (χ4n) is 3.71. The Balaban J connectivity index is 1.54. The molecular formula is C25H20N4O2S2. The lowest BCUT2D eigenvalue weighted by Gasteiger charge is -2.10. The van der Waals surface area contributed by atoms with Crippen LogP contribution in [0.4, 0.5) is 0 Å². The fourth-order valence-corrected chi connectivity index (χ4v) is 5.66. The first-order chi connectivity index (χ1) is 16.0. The monoisotopic (exact) mass is 472 g/mol. The molecule has 0 aliphatic carbocycles. The number of pyridine rings is 1. The summed E-state index contributed by atoms with van der Waals surface area (Å²) in [6, 6.07) is 19.0. The lowest BCUT2D eigenvalue weighted by molar-refractivity contribution is 0.672. The maximum absolute atomic E-state index is 13.3. The first-order valence-corrected chi connectivity index (χ1v) is 12.2. The normalized spacial score (nSPS) is 11.3. The molecule has 0 saturated carbocycles. The van der Waals surface area contributed by atoms with Crippen molar-refractivity contribution in [2.45, 2.75) is 24.4 Å². The first-order valence-electron chi connectivity index (χ1n) is 10.4. The van der Waals surface area contributed by atoms with Crippen LogP contribution < -0.4 is 11.1 Å². The van der Waals surface area contributed by atoms with Gasteiger partial charge in [-0.1, -0.05) is 54.2 Å². The molecule has 0 unspecified atom stereocenters. The van der Waals surface area contributed by atoms with E-state index in [9.17, 15) is 9.59 Å². The molecule has 1 aromatic carbocycles. The van der Waals surface area contributed by atoms with Gasteiger partial charge < -0.3 is 0 Å². The Morgan fingerprint density at radius 3 is 2.67 bits per heavy atom. The van der Waals surface area contributed by atoms with Crippen LogP contribution >= 0.6 is 23.1 Å². The summed E-state index contributed by atoms with van der Waals surface area (Å²) in [5.74, 6) is 0.421. The predicted molar refractivity (Wildman–Crippen MR) is 135 cm³/mol. The molecule has 0 atom stereocenters. The van der Waals surface area contributed by atoms with Gasteiger partial charge in [-0.3, -0.25) is 18.6 Å². The molecule has 164 valence electrons. The van der Waals surface area contributed by atoms with Crippen molar-refractivity contribution in [3.05, 3.63) is 105 Å². The zero-order valence-electron chi connectivity index (χ0n) is 17.9. The van der Waals surface area contributed by atoms with E-state index in [2.05, 4.69) is 11.6 Å². The van der Waals surface area contributed by atoms with E-state index in [1.165, 1.54) is 23.1 Å². The average Bonchev–Trinajstić information content (AvgIpc) is 3.25. The van der Waals surface area contributed by atoms with Crippen LogP contribution in [-0.2, 0) is 12.3 Å². The number of hydrogen-bond donors (Lipinski definition) is 0. The lowest BCUT2D eigenvalue weighted by atomic mass is 10.2. The van der Waals surface area contributed by atoms with E-state index in [1.54, 1.807) is 21.1 Å². The SMILES string of the molecule is C=CCn1c(SCc2cc(=O)n3c(C)cccc3n2)nc2cc(-c3ccccc3)sc2c1=O. The summed E-state index contributed by atoms with van der Waals surface area (Å²) in [6.07, 6.45) is 1.69. The summed E-state index contributed by atoms with van der Waals surface area (Å²) in [4.78, 5) is 36.3. The van der Waals surface area contributed by atoms with E-state index in [1.807, 2.05) is 61.5 Å². The third kappa shape index (κ3) is 4.03. The van der Waals surface area contributed by atoms with Crippen molar-refractivity contribution >= 4 is 39.0 Å². The van der Waals surface area contributed by atoms with Crippen LogP contribution in [0.15, 0.2) is 88.1 Å². The topological polar surface area (TPSA) is 69.3 Å². The Morgan fingerprint density at radius 2 is 1.88 bits per heavy atom. The lowest BCUT2D eigenvalue weighted by Crippen LogP contribution is -2.22. The third-order valence-corrected chi connectivity index (χ3v) is 7.42. The van der Waals surface area contributed by atoms with Crippen LogP contribution in [0.25, 0.3) is 26.3 Å². The average molecular weight is 473 g/mol. The summed E-state index contributed by atoms with van der Waals surface area (Å²) < 4.78 is 3.84. The van der Waals surface area contributed by atoms with Gasteiger partial charge in [-0.05, 0) is 30.7 Å². The summed E-state index contributed by atoms with van der Waals surface area (Å²) in [7, 11) is 0. The number of aryl methyl sites for hydroxylation is 1. The smallest absolute Gasteiger partial charge is 0.272 e. The minimum absolute atomic E-state index is 0.0863. The van der Waals surface area contributed by atoms with Gasteiger partial charge in [0.2, 0.25) is 0 Å². The number of aromatic nitrogens is 4. The number of fused-ring (bicyclic) bond motifs is 2. The first kappa shape index (κ1) is 21.4. The summed E-state index contributed by atoms with van der Waals surface area (Å²) in [5, 5.41) is 0.580. The number of hydrogen-bond acceptors (Lipinski definition) is 6. The third-order valence-electron chi connectivity index (χ3n) is 5.25. The molecule has 5 aromatic rings. The van der Waals surface area contributed by atoms with Gasteiger partial charge in [0.25, 0.3) is 11.1 Å². The zero-order chi connectivity index (χ0) is 22.9. The zero-order valence-corrected chi connectivity index (χ0v) is 19.5. The molecule has 0 saturated heterocycles. The number of thioether (sulfide) groups is 1. The molecule has 33 heavy (non-hydrogen) atoms. The quantitative estimate of drug-likeness (QED) is 0.199. The molecule has 0 fully saturated rings. The van der Waals surface area contributed by atoms with Gasteiger partial charge in [-0.25, -0.2) is 9.97 Å². The van der Waals surface area contributed by atoms with E-state index in [0.717, 1.165) is 16.1 Å². The van der Waals surface area contributed by atoms with E-state index < -0.39 is 0 Å². The van der Waals surface area contributed by atoms with Crippen molar-refractivity contribution in [1.82, 2.24) is 18.9 Å². The van der Waals surface area contributed by atoms with Crippen molar-refractivity contribution in [1.29, 1.82) is 0 Å². The highest BCUT2D eigenvalue weighted by molar-refractivity contribution is 7.98. The molecule has 4 aromatic heterocycles. The van der Waals surface area contributed by atoms with Crippen LogP contribution in [-0.4, -0.2) is 18.9 Å². The van der Waals surface area contributed by atoms with Crippen molar-refractivity contribution in [3.8, 4) is 10.4 Å². The Morgan fingerprint density at radius 1 is 1.06 bits per heavy atom. The standard InChI is InChI=1S/C25H20N4O2S2/c1-3-12-28-24(31)23-19(14-20(33-23)17-9-5-4-6-10-17)27-25(28)32-15-18-13-22(30)29-16(2)8-7-11-21(29)26-18/h3-11,13-14H,1,12,15H2,2H3. The van der Waals surface area contributed by atoms with E-state index in [-0.39, 0.29) is 11.1 Å². The summed E-state index contributed by atoms with van der Waals surface area (Å²) >= 11 is 2.84. The summed E-state index contributed by atoms with van der Waals surface area (Å²) in [5.41, 5.74) is 3.61. The fraction of sp³-hybridized carbons (Fsp3) is 0.120. The second-order valence-electron chi connectivity index (χ2n) is 7.53. The largest absolute Gasteiger partial charge is 0.282 e. The number of nitrogens with zero attached hydrogens (tertiary/aromatic N) is 4. The molecular weight excluding hydrogens is 452 g/mol. The maximum Gasteiger partial charge on any atom is 0.272 e. The van der Waals surface area contributed by atoms with Crippen LogP contribution in [0.2, 0.25) is 0 Å². The van der Waals surface area contributed by atoms with Crippen molar-refractivity contribution in [2.24, 2.45) is 0 Å². The Labute approximate surface area is 197 Å². The van der Waals surface area contributed by atoms with Gasteiger partial charge in [0, 0.05) is 28.9 Å². The van der Waals surface area contributed by atoms with Crippen LogP contribution in [0.1, 0.15) is 11.4 Å². The summed E-state index contributed by atoms with van der Waals surface area (Å²) in [6.45, 7) is 6.03. The highest BCUT2D eigenvalue weighted by atomic mass is 32.2. The number of rotatable bonds is 6. The van der Waals surface area contributed by atoms with E-state index in [0.29, 0.717) is 39.0 Å². The van der Waals surface area contributed by atoms with E-state index in [4.69, 9.17) is 4.98 Å². The minimum atomic E-state index is -0.120. The number of allylic oxidation sites excluding steroid dienone is 1. The van der Waals surface area contributed by atoms with Crippen LogP contribution in [0.3, 0.4) is 0 Å². The number of benzene rings is 1. The van der Waals surface area contributed by atoms with Gasteiger partial charge in [-0.2, -0.15) is 0 Å². The van der Waals surface area contributed by atoms with Crippen molar-refractivity contribution in [3.63, 3.8) is 0 Å². The molecule has 0 bridgehead atoms. The van der Waals surface area contributed by atoms with Crippen LogP contribution in [0, 0.1) is 6.92 Å². The highest BCUT2D eigenvalue weighted by Crippen LogP contribution is 2.32. The minimum Gasteiger partial charge on any atom is -0.282 e.